The fourth-order valence-electron chi connectivity index (χ4n) is 3.09. The SMILES string of the molecule is CCOC(=O)C1=C(C[NH2+][C@H](C)c2ccc(Cl)cc2)NC(=O)N[C@H]1c1ccco1. The molecule has 148 valence electrons. The summed E-state index contributed by atoms with van der Waals surface area (Å²) < 4.78 is 10.6. The average Bonchev–Trinajstić information content (AvgIpc) is 3.21. The monoisotopic (exact) mass is 404 g/mol. The van der Waals surface area contributed by atoms with Gasteiger partial charge in [-0.25, -0.2) is 9.59 Å². The molecule has 1 aliphatic heterocycles. The van der Waals surface area contributed by atoms with Crippen molar-refractivity contribution in [3.05, 3.63) is 70.3 Å². The molecule has 0 unspecified atom stereocenters. The lowest BCUT2D eigenvalue weighted by Crippen LogP contribution is -2.86. The summed E-state index contributed by atoms with van der Waals surface area (Å²) in [6, 6.07) is 10.0. The van der Waals surface area contributed by atoms with Crippen LogP contribution in [0.15, 0.2) is 58.3 Å². The van der Waals surface area contributed by atoms with Crippen LogP contribution < -0.4 is 16.0 Å². The number of rotatable bonds is 7. The van der Waals surface area contributed by atoms with Crippen molar-refractivity contribution in [2.45, 2.75) is 25.9 Å². The lowest BCUT2D eigenvalue weighted by atomic mass is 9.99. The second kappa shape index (κ2) is 8.95. The minimum absolute atomic E-state index is 0.0991. The molecule has 0 aliphatic carbocycles. The molecule has 0 saturated heterocycles. The molecule has 1 aromatic heterocycles. The maximum absolute atomic E-state index is 12.6. The summed E-state index contributed by atoms with van der Waals surface area (Å²) in [5.41, 5.74) is 1.94. The Morgan fingerprint density at radius 3 is 2.71 bits per heavy atom. The van der Waals surface area contributed by atoms with E-state index in [9.17, 15) is 9.59 Å². The van der Waals surface area contributed by atoms with Crippen LogP contribution in [0.1, 0.15) is 37.3 Å². The van der Waals surface area contributed by atoms with Gasteiger partial charge in [0.05, 0.1) is 24.1 Å². The van der Waals surface area contributed by atoms with Crippen LogP contribution >= 0.6 is 11.6 Å². The number of urea groups is 1. The van der Waals surface area contributed by atoms with Crippen LogP contribution in [-0.4, -0.2) is 25.2 Å². The molecule has 28 heavy (non-hydrogen) atoms. The zero-order valence-corrected chi connectivity index (χ0v) is 16.5. The molecule has 2 amide bonds. The molecule has 4 N–H and O–H groups in total. The van der Waals surface area contributed by atoms with E-state index in [1.807, 2.05) is 36.5 Å². The minimum atomic E-state index is -0.697. The maximum Gasteiger partial charge on any atom is 0.338 e. The largest absolute Gasteiger partial charge is 0.467 e. The predicted octanol–water partition coefficient (Wildman–Crippen LogP) is 2.43. The van der Waals surface area contributed by atoms with Crippen molar-refractivity contribution < 1.29 is 24.1 Å². The van der Waals surface area contributed by atoms with Gasteiger partial charge < -0.3 is 25.1 Å². The van der Waals surface area contributed by atoms with Crippen molar-refractivity contribution in [1.29, 1.82) is 0 Å². The molecule has 2 heterocycles. The van der Waals surface area contributed by atoms with Crippen LogP contribution in [0.4, 0.5) is 4.79 Å². The van der Waals surface area contributed by atoms with E-state index in [1.165, 1.54) is 6.26 Å². The Morgan fingerprint density at radius 2 is 2.07 bits per heavy atom. The molecule has 2 atom stereocenters. The third-order valence-corrected chi connectivity index (χ3v) is 4.80. The van der Waals surface area contributed by atoms with Gasteiger partial charge in [-0.05, 0) is 38.1 Å². The number of hydrogen-bond acceptors (Lipinski definition) is 4. The fraction of sp³-hybridized carbons (Fsp3) is 0.300. The number of quaternary nitrogens is 1. The highest BCUT2D eigenvalue weighted by Gasteiger charge is 2.36. The molecule has 0 saturated carbocycles. The molecular weight excluding hydrogens is 382 g/mol. The number of nitrogens with two attached hydrogens (primary N) is 1. The van der Waals surface area contributed by atoms with E-state index in [0.29, 0.717) is 28.6 Å². The average molecular weight is 405 g/mol. The van der Waals surface area contributed by atoms with Gasteiger partial charge in [-0.1, -0.05) is 23.7 Å². The Morgan fingerprint density at radius 1 is 1.32 bits per heavy atom. The number of hydrogen-bond donors (Lipinski definition) is 3. The van der Waals surface area contributed by atoms with Crippen molar-refractivity contribution in [1.82, 2.24) is 10.6 Å². The van der Waals surface area contributed by atoms with Gasteiger partial charge in [0.15, 0.2) is 0 Å². The highest BCUT2D eigenvalue weighted by molar-refractivity contribution is 6.30. The third-order valence-electron chi connectivity index (χ3n) is 4.55. The van der Waals surface area contributed by atoms with Gasteiger partial charge >= 0.3 is 12.0 Å². The third kappa shape index (κ3) is 4.55. The minimum Gasteiger partial charge on any atom is -0.467 e. The van der Waals surface area contributed by atoms with E-state index in [-0.39, 0.29) is 12.6 Å². The van der Waals surface area contributed by atoms with Gasteiger partial charge in [0.25, 0.3) is 0 Å². The van der Waals surface area contributed by atoms with Crippen LogP contribution in [0.3, 0.4) is 0 Å². The second-order valence-electron chi connectivity index (χ2n) is 6.44. The number of carbonyl (C=O) groups excluding carboxylic acids is 2. The van der Waals surface area contributed by atoms with Crippen LogP contribution in [0.5, 0.6) is 0 Å². The molecule has 1 aromatic carbocycles. The molecule has 0 fully saturated rings. The first-order chi connectivity index (χ1) is 13.5. The Bertz CT molecular complexity index is 862. The lowest BCUT2D eigenvalue weighted by molar-refractivity contribution is -0.686. The molecule has 0 spiro atoms. The zero-order valence-electron chi connectivity index (χ0n) is 15.7. The van der Waals surface area contributed by atoms with Crippen molar-refractivity contribution in [2.75, 3.05) is 13.2 Å². The quantitative estimate of drug-likeness (QED) is 0.617. The van der Waals surface area contributed by atoms with E-state index in [1.54, 1.807) is 19.1 Å². The highest BCUT2D eigenvalue weighted by Crippen LogP contribution is 2.27. The van der Waals surface area contributed by atoms with Crippen molar-refractivity contribution in [2.24, 2.45) is 0 Å². The Kier molecular flexibility index (Phi) is 6.38. The van der Waals surface area contributed by atoms with E-state index in [4.69, 9.17) is 20.8 Å². The van der Waals surface area contributed by atoms with E-state index >= 15 is 0 Å². The molecule has 2 aromatic rings. The Hall–Kier alpha value is -2.77. The lowest BCUT2D eigenvalue weighted by Gasteiger charge is -2.27. The van der Waals surface area contributed by atoms with Gasteiger partial charge in [-0.2, -0.15) is 0 Å². The number of halogens is 1. The number of ether oxygens (including phenoxy) is 1. The zero-order chi connectivity index (χ0) is 20.1. The second-order valence-corrected chi connectivity index (χ2v) is 6.88. The van der Waals surface area contributed by atoms with Crippen LogP contribution in [-0.2, 0) is 9.53 Å². The number of amides is 2. The number of furan rings is 1. The van der Waals surface area contributed by atoms with Gasteiger partial charge in [-0.15, -0.1) is 0 Å². The normalized spacial score (nSPS) is 17.7. The standard InChI is InChI=1S/C20H22ClN3O4/c1-3-27-19(25)17-15(11-22-12(2)13-6-8-14(21)9-7-13)23-20(26)24-18(17)16-5-4-10-28-16/h4-10,12,18,22H,3,11H2,1-2H3,(H2,23,24,26)/p+1/t12-,18+/m1/s1. The van der Waals surface area contributed by atoms with E-state index in [2.05, 4.69) is 10.6 Å². The number of carbonyl (C=O) groups is 2. The van der Waals surface area contributed by atoms with E-state index in [0.717, 1.165) is 5.56 Å². The topological polar surface area (TPSA) is 97.2 Å². The Balaban J connectivity index is 1.86. The number of benzene rings is 1. The summed E-state index contributed by atoms with van der Waals surface area (Å²) in [5.74, 6) is -0.0138. The summed E-state index contributed by atoms with van der Waals surface area (Å²) in [7, 11) is 0. The molecule has 0 bridgehead atoms. The van der Waals surface area contributed by atoms with Crippen molar-refractivity contribution >= 4 is 23.6 Å². The van der Waals surface area contributed by atoms with Gasteiger partial charge in [-0.3, -0.25) is 0 Å². The van der Waals surface area contributed by atoms with Gasteiger partial charge in [0.2, 0.25) is 0 Å². The summed E-state index contributed by atoms with van der Waals surface area (Å²) in [4.78, 5) is 24.8. The van der Waals surface area contributed by atoms with E-state index < -0.39 is 18.0 Å². The number of esters is 1. The molecular formula is C20H23ClN3O4+. The van der Waals surface area contributed by atoms with Crippen molar-refractivity contribution in [3.63, 3.8) is 0 Å². The van der Waals surface area contributed by atoms with Gasteiger partial charge in [0.1, 0.15) is 24.4 Å². The first-order valence-corrected chi connectivity index (χ1v) is 9.47. The maximum atomic E-state index is 12.6. The summed E-state index contributed by atoms with van der Waals surface area (Å²) >= 11 is 5.95. The molecule has 7 nitrogen and oxygen atoms in total. The summed E-state index contributed by atoms with van der Waals surface area (Å²) in [6.07, 6.45) is 1.50. The molecule has 3 rings (SSSR count). The van der Waals surface area contributed by atoms with Crippen LogP contribution in [0.25, 0.3) is 0 Å². The van der Waals surface area contributed by atoms with Crippen molar-refractivity contribution in [3.8, 4) is 0 Å². The molecule has 0 radical (unpaired) electrons. The smallest absolute Gasteiger partial charge is 0.338 e. The number of nitrogens with one attached hydrogen (secondary N) is 2. The highest BCUT2D eigenvalue weighted by atomic mass is 35.5. The first-order valence-electron chi connectivity index (χ1n) is 9.09. The van der Waals surface area contributed by atoms with Crippen LogP contribution in [0.2, 0.25) is 5.02 Å². The fourth-order valence-corrected chi connectivity index (χ4v) is 3.22. The predicted molar refractivity (Wildman–Crippen MR) is 103 cm³/mol. The molecule has 8 heteroatoms. The molecule has 1 aliphatic rings. The summed E-state index contributed by atoms with van der Waals surface area (Å²) in [5, 5.41) is 8.19. The van der Waals surface area contributed by atoms with Gasteiger partial charge in [0, 0.05) is 10.6 Å². The summed E-state index contributed by atoms with van der Waals surface area (Å²) in [6.45, 7) is 4.41. The van der Waals surface area contributed by atoms with Crippen LogP contribution in [0, 0.1) is 0 Å². The Labute approximate surface area is 168 Å². The first kappa shape index (κ1) is 20.0.